The van der Waals surface area contributed by atoms with E-state index in [1.807, 2.05) is 12.1 Å². The summed E-state index contributed by atoms with van der Waals surface area (Å²) in [4.78, 5) is 18.8. The van der Waals surface area contributed by atoms with E-state index >= 15 is 0 Å². The van der Waals surface area contributed by atoms with E-state index in [1.54, 1.807) is 13.2 Å². The van der Waals surface area contributed by atoms with Gasteiger partial charge in [0.25, 0.3) is 0 Å². The van der Waals surface area contributed by atoms with Gasteiger partial charge in [-0.25, -0.2) is 9.97 Å². The maximum Gasteiger partial charge on any atom is 0.303 e. The Morgan fingerprint density at radius 1 is 1.41 bits per heavy atom. The van der Waals surface area contributed by atoms with Gasteiger partial charge in [-0.15, -0.1) is 0 Å². The highest BCUT2D eigenvalue weighted by atomic mass is 16.5. The van der Waals surface area contributed by atoms with E-state index in [2.05, 4.69) is 9.97 Å². The molecule has 2 rings (SSSR count). The number of aryl methyl sites for hydroxylation is 1. The second-order valence-corrected chi connectivity index (χ2v) is 3.60. The number of fused-ring (bicyclic) bond motifs is 1. The van der Waals surface area contributed by atoms with Crippen molar-refractivity contribution in [3.8, 4) is 5.75 Å². The molecular formula is C12H12N2O3. The Morgan fingerprint density at radius 2 is 2.24 bits per heavy atom. The highest BCUT2D eigenvalue weighted by Crippen LogP contribution is 2.21. The number of hydrogen-bond acceptors (Lipinski definition) is 4. The van der Waals surface area contributed by atoms with Crippen LogP contribution in [0.4, 0.5) is 0 Å². The molecule has 0 spiro atoms. The van der Waals surface area contributed by atoms with Crippen molar-refractivity contribution in [3.63, 3.8) is 0 Å². The van der Waals surface area contributed by atoms with E-state index in [1.165, 1.54) is 6.33 Å². The molecular weight excluding hydrogens is 220 g/mol. The number of benzene rings is 1. The molecule has 0 radical (unpaired) electrons. The number of nitrogens with zero attached hydrogens (tertiary/aromatic N) is 2. The Hall–Kier alpha value is -2.17. The Balaban J connectivity index is 2.39. The molecule has 0 saturated carbocycles. The molecule has 17 heavy (non-hydrogen) atoms. The molecule has 1 N–H and O–H groups in total. The SMILES string of the molecule is COc1ccc2c(CCC(=O)O)ncnc2c1. The average molecular weight is 232 g/mol. The summed E-state index contributed by atoms with van der Waals surface area (Å²) in [5.74, 6) is -0.106. The van der Waals surface area contributed by atoms with Gasteiger partial charge in [0.05, 0.1) is 24.7 Å². The van der Waals surface area contributed by atoms with Crippen molar-refractivity contribution >= 4 is 16.9 Å². The van der Waals surface area contributed by atoms with Gasteiger partial charge in [0.1, 0.15) is 12.1 Å². The number of carbonyl (C=O) groups is 1. The molecule has 0 saturated heterocycles. The lowest BCUT2D eigenvalue weighted by molar-refractivity contribution is -0.136. The molecule has 0 atom stereocenters. The van der Waals surface area contributed by atoms with Gasteiger partial charge < -0.3 is 9.84 Å². The van der Waals surface area contributed by atoms with Gasteiger partial charge in [-0.3, -0.25) is 4.79 Å². The van der Waals surface area contributed by atoms with Gasteiger partial charge in [-0.05, 0) is 12.1 Å². The lowest BCUT2D eigenvalue weighted by atomic mass is 10.1. The molecule has 1 heterocycles. The third-order valence-corrected chi connectivity index (χ3v) is 2.50. The predicted octanol–water partition coefficient (Wildman–Crippen LogP) is 1.66. The molecule has 0 aliphatic carbocycles. The van der Waals surface area contributed by atoms with Crippen molar-refractivity contribution in [3.05, 3.63) is 30.2 Å². The van der Waals surface area contributed by atoms with Gasteiger partial charge in [-0.2, -0.15) is 0 Å². The third-order valence-electron chi connectivity index (χ3n) is 2.50. The molecule has 88 valence electrons. The van der Waals surface area contributed by atoms with Crippen LogP contribution in [0.15, 0.2) is 24.5 Å². The molecule has 1 aromatic carbocycles. The normalized spacial score (nSPS) is 10.4. The van der Waals surface area contributed by atoms with Crippen molar-refractivity contribution in [2.45, 2.75) is 12.8 Å². The van der Waals surface area contributed by atoms with E-state index in [0.717, 1.165) is 22.3 Å². The van der Waals surface area contributed by atoms with Crippen LogP contribution in [0.1, 0.15) is 12.1 Å². The van der Waals surface area contributed by atoms with Gasteiger partial charge in [0, 0.05) is 17.9 Å². The fourth-order valence-electron chi connectivity index (χ4n) is 1.64. The summed E-state index contributed by atoms with van der Waals surface area (Å²) >= 11 is 0. The van der Waals surface area contributed by atoms with Crippen molar-refractivity contribution in [1.29, 1.82) is 0 Å². The summed E-state index contributed by atoms with van der Waals surface area (Å²) in [7, 11) is 1.59. The Kier molecular flexibility index (Phi) is 3.18. The number of rotatable bonds is 4. The van der Waals surface area contributed by atoms with E-state index in [9.17, 15) is 4.79 Å². The zero-order valence-electron chi connectivity index (χ0n) is 9.38. The van der Waals surface area contributed by atoms with Crippen LogP contribution in [-0.2, 0) is 11.2 Å². The van der Waals surface area contributed by atoms with Gasteiger partial charge in [0.15, 0.2) is 0 Å². The quantitative estimate of drug-likeness (QED) is 0.867. The molecule has 5 heteroatoms. The lowest BCUT2D eigenvalue weighted by Crippen LogP contribution is -2.00. The molecule has 0 aliphatic heterocycles. The van der Waals surface area contributed by atoms with Gasteiger partial charge >= 0.3 is 5.97 Å². The maximum atomic E-state index is 10.5. The molecule has 0 aliphatic rings. The molecule has 0 amide bonds. The van der Waals surface area contributed by atoms with Crippen molar-refractivity contribution in [1.82, 2.24) is 9.97 Å². The van der Waals surface area contributed by atoms with Crippen LogP contribution in [-0.4, -0.2) is 28.2 Å². The Bertz CT molecular complexity index is 554. The molecule has 0 bridgehead atoms. The smallest absolute Gasteiger partial charge is 0.303 e. The second-order valence-electron chi connectivity index (χ2n) is 3.60. The zero-order chi connectivity index (χ0) is 12.3. The largest absolute Gasteiger partial charge is 0.497 e. The highest BCUT2D eigenvalue weighted by molar-refractivity contribution is 5.82. The van der Waals surface area contributed by atoms with Gasteiger partial charge in [0.2, 0.25) is 0 Å². The molecule has 2 aromatic rings. The lowest BCUT2D eigenvalue weighted by Gasteiger charge is -2.05. The summed E-state index contributed by atoms with van der Waals surface area (Å²) in [5.41, 5.74) is 1.51. The van der Waals surface area contributed by atoms with Crippen molar-refractivity contribution in [2.75, 3.05) is 7.11 Å². The van der Waals surface area contributed by atoms with Crippen molar-refractivity contribution in [2.24, 2.45) is 0 Å². The van der Waals surface area contributed by atoms with Crippen LogP contribution >= 0.6 is 0 Å². The summed E-state index contributed by atoms with van der Waals surface area (Å²) in [6.45, 7) is 0. The number of ether oxygens (including phenoxy) is 1. The average Bonchev–Trinajstić information content (AvgIpc) is 2.35. The van der Waals surface area contributed by atoms with Gasteiger partial charge in [-0.1, -0.05) is 0 Å². The molecule has 1 aromatic heterocycles. The summed E-state index contributed by atoms with van der Waals surface area (Å²) < 4.78 is 5.11. The fourth-order valence-corrected chi connectivity index (χ4v) is 1.64. The number of aromatic nitrogens is 2. The summed E-state index contributed by atoms with van der Waals surface area (Å²) in [6.07, 6.45) is 1.91. The molecule has 0 fully saturated rings. The first kappa shape index (κ1) is 11.3. The first-order valence-corrected chi connectivity index (χ1v) is 5.20. The number of carboxylic acids is 1. The fraction of sp³-hybridized carbons (Fsp3) is 0.250. The minimum Gasteiger partial charge on any atom is -0.497 e. The van der Waals surface area contributed by atoms with E-state index in [0.29, 0.717) is 6.42 Å². The minimum absolute atomic E-state index is 0.0676. The van der Waals surface area contributed by atoms with Crippen molar-refractivity contribution < 1.29 is 14.6 Å². The molecule has 5 nitrogen and oxygen atoms in total. The number of methoxy groups -OCH3 is 1. The van der Waals surface area contributed by atoms with Crippen LogP contribution in [0.5, 0.6) is 5.75 Å². The maximum absolute atomic E-state index is 10.5. The standard InChI is InChI=1S/C12H12N2O3/c1-17-8-2-3-9-10(4-5-12(15)16)13-7-14-11(9)6-8/h2-3,6-7H,4-5H2,1H3,(H,15,16). The topological polar surface area (TPSA) is 72.3 Å². The van der Waals surface area contributed by atoms with Crippen LogP contribution in [0.2, 0.25) is 0 Å². The summed E-state index contributed by atoms with van der Waals surface area (Å²) in [5, 5.41) is 9.54. The van der Waals surface area contributed by atoms with E-state index in [4.69, 9.17) is 9.84 Å². The molecule has 0 unspecified atom stereocenters. The van der Waals surface area contributed by atoms with Crippen LogP contribution in [0, 0.1) is 0 Å². The van der Waals surface area contributed by atoms with E-state index < -0.39 is 5.97 Å². The summed E-state index contributed by atoms with van der Waals surface area (Å²) in [6, 6.07) is 5.47. The third kappa shape index (κ3) is 2.50. The number of hydrogen-bond donors (Lipinski definition) is 1. The first-order chi connectivity index (χ1) is 8.20. The Morgan fingerprint density at radius 3 is 2.94 bits per heavy atom. The predicted molar refractivity (Wildman–Crippen MR) is 62.0 cm³/mol. The van der Waals surface area contributed by atoms with Crippen LogP contribution < -0.4 is 4.74 Å². The van der Waals surface area contributed by atoms with Crippen LogP contribution in [0.25, 0.3) is 10.9 Å². The van der Waals surface area contributed by atoms with Crippen LogP contribution in [0.3, 0.4) is 0 Å². The highest BCUT2D eigenvalue weighted by Gasteiger charge is 2.06. The number of aliphatic carboxylic acids is 1. The zero-order valence-corrected chi connectivity index (χ0v) is 9.38. The van der Waals surface area contributed by atoms with E-state index in [-0.39, 0.29) is 6.42 Å². The minimum atomic E-state index is -0.828. The first-order valence-electron chi connectivity index (χ1n) is 5.20. The Labute approximate surface area is 98.1 Å². The monoisotopic (exact) mass is 232 g/mol. The second kappa shape index (κ2) is 4.78. The number of carboxylic acid groups (broad SMARTS) is 1.